The van der Waals surface area contributed by atoms with Crippen molar-refractivity contribution in [3.05, 3.63) is 11.6 Å². The highest BCUT2D eigenvalue weighted by molar-refractivity contribution is 6.21. The summed E-state index contributed by atoms with van der Waals surface area (Å²) in [6, 6.07) is 0. The lowest BCUT2D eigenvalue weighted by atomic mass is 10.00. The Bertz CT molecular complexity index is 163. The summed E-state index contributed by atoms with van der Waals surface area (Å²) in [6.07, 6.45) is 5.96. The van der Waals surface area contributed by atoms with E-state index in [1.807, 2.05) is 0 Å². The minimum Gasteiger partial charge on any atom is -0.374 e. The summed E-state index contributed by atoms with van der Waals surface area (Å²) in [6.45, 7) is 4.88. The standard InChI is InChI=1S/C10H17ClO/c1-8(2)12-7-9-4-3-5-10(11)6-9/h6,8,10H,3-5,7H2,1-2H3. The van der Waals surface area contributed by atoms with Crippen LogP contribution in [0.15, 0.2) is 11.6 Å². The number of hydrogen-bond donors (Lipinski definition) is 0. The summed E-state index contributed by atoms with van der Waals surface area (Å²) in [7, 11) is 0. The van der Waals surface area contributed by atoms with Crippen molar-refractivity contribution in [2.75, 3.05) is 6.61 Å². The summed E-state index contributed by atoms with van der Waals surface area (Å²) in [5.74, 6) is 0. The molecule has 0 saturated heterocycles. The lowest BCUT2D eigenvalue weighted by molar-refractivity contribution is 0.0950. The van der Waals surface area contributed by atoms with Crippen molar-refractivity contribution in [1.82, 2.24) is 0 Å². The summed E-state index contributed by atoms with van der Waals surface area (Å²) in [5.41, 5.74) is 1.37. The average Bonchev–Trinajstić information content (AvgIpc) is 2.01. The van der Waals surface area contributed by atoms with Crippen molar-refractivity contribution in [3.63, 3.8) is 0 Å². The smallest absolute Gasteiger partial charge is 0.0680 e. The molecule has 0 heterocycles. The Balaban J connectivity index is 2.30. The zero-order chi connectivity index (χ0) is 8.97. The van der Waals surface area contributed by atoms with E-state index in [-0.39, 0.29) is 5.38 Å². The summed E-state index contributed by atoms with van der Waals surface area (Å²) in [4.78, 5) is 0. The Morgan fingerprint density at radius 1 is 1.67 bits per heavy atom. The Morgan fingerprint density at radius 2 is 2.42 bits per heavy atom. The molecule has 0 bridgehead atoms. The fourth-order valence-corrected chi connectivity index (χ4v) is 1.67. The van der Waals surface area contributed by atoms with Crippen LogP contribution >= 0.6 is 11.6 Å². The predicted octanol–water partition coefficient (Wildman–Crippen LogP) is 3.13. The molecule has 0 fully saturated rings. The van der Waals surface area contributed by atoms with Gasteiger partial charge < -0.3 is 4.74 Å². The first kappa shape index (κ1) is 10.1. The van der Waals surface area contributed by atoms with Gasteiger partial charge in [-0.3, -0.25) is 0 Å². The quantitative estimate of drug-likeness (QED) is 0.489. The molecule has 0 aliphatic heterocycles. The fraction of sp³-hybridized carbons (Fsp3) is 0.800. The molecule has 0 N–H and O–H groups in total. The van der Waals surface area contributed by atoms with Gasteiger partial charge in [-0.2, -0.15) is 0 Å². The normalized spacial score (nSPS) is 24.3. The second-order valence-electron chi connectivity index (χ2n) is 3.59. The highest BCUT2D eigenvalue weighted by Crippen LogP contribution is 2.21. The monoisotopic (exact) mass is 188 g/mol. The highest BCUT2D eigenvalue weighted by atomic mass is 35.5. The summed E-state index contributed by atoms with van der Waals surface area (Å²) in [5, 5.41) is 0.240. The molecule has 2 heteroatoms. The van der Waals surface area contributed by atoms with Crippen LogP contribution in [0.25, 0.3) is 0 Å². The molecule has 1 atom stereocenters. The molecule has 0 aromatic rings. The maximum Gasteiger partial charge on any atom is 0.0680 e. The number of alkyl halides is 1. The van der Waals surface area contributed by atoms with Gasteiger partial charge in [-0.1, -0.05) is 6.08 Å². The molecule has 1 nitrogen and oxygen atoms in total. The molecular formula is C10H17ClO. The van der Waals surface area contributed by atoms with Crippen molar-refractivity contribution in [3.8, 4) is 0 Å². The molecule has 0 saturated carbocycles. The van der Waals surface area contributed by atoms with Gasteiger partial charge >= 0.3 is 0 Å². The Labute approximate surface area is 79.7 Å². The van der Waals surface area contributed by atoms with Gasteiger partial charge in [-0.05, 0) is 38.7 Å². The van der Waals surface area contributed by atoms with Crippen LogP contribution < -0.4 is 0 Å². The van der Waals surface area contributed by atoms with Gasteiger partial charge in [0.2, 0.25) is 0 Å². The van der Waals surface area contributed by atoms with E-state index in [2.05, 4.69) is 19.9 Å². The molecule has 1 unspecified atom stereocenters. The van der Waals surface area contributed by atoms with Gasteiger partial charge in [0.1, 0.15) is 0 Å². The average molecular weight is 189 g/mol. The first-order chi connectivity index (χ1) is 5.68. The van der Waals surface area contributed by atoms with Crippen LogP contribution in [0.5, 0.6) is 0 Å². The molecule has 1 aliphatic rings. The number of halogens is 1. The van der Waals surface area contributed by atoms with E-state index in [0.717, 1.165) is 19.4 Å². The molecular weight excluding hydrogens is 172 g/mol. The van der Waals surface area contributed by atoms with E-state index in [0.29, 0.717) is 6.10 Å². The van der Waals surface area contributed by atoms with Crippen LogP contribution in [0.2, 0.25) is 0 Å². The van der Waals surface area contributed by atoms with E-state index in [9.17, 15) is 0 Å². The number of hydrogen-bond acceptors (Lipinski definition) is 1. The highest BCUT2D eigenvalue weighted by Gasteiger charge is 2.10. The van der Waals surface area contributed by atoms with E-state index < -0.39 is 0 Å². The maximum absolute atomic E-state index is 5.99. The fourth-order valence-electron chi connectivity index (χ4n) is 1.34. The van der Waals surface area contributed by atoms with Gasteiger partial charge in [0.05, 0.1) is 18.1 Å². The third-order valence-electron chi connectivity index (χ3n) is 2.00. The van der Waals surface area contributed by atoms with E-state index in [4.69, 9.17) is 16.3 Å². The molecule has 1 aliphatic carbocycles. The third-order valence-corrected chi connectivity index (χ3v) is 2.34. The van der Waals surface area contributed by atoms with Gasteiger partial charge in [-0.25, -0.2) is 0 Å². The minimum atomic E-state index is 0.240. The van der Waals surface area contributed by atoms with Crippen molar-refractivity contribution in [2.45, 2.75) is 44.6 Å². The first-order valence-electron chi connectivity index (χ1n) is 4.63. The van der Waals surface area contributed by atoms with Crippen molar-refractivity contribution in [1.29, 1.82) is 0 Å². The van der Waals surface area contributed by atoms with E-state index in [1.54, 1.807) is 0 Å². The molecule has 1 rings (SSSR count). The second-order valence-corrected chi connectivity index (χ2v) is 4.15. The maximum atomic E-state index is 5.99. The molecule has 0 aromatic carbocycles. The number of allylic oxidation sites excluding steroid dienone is 1. The van der Waals surface area contributed by atoms with Gasteiger partial charge in [-0.15, -0.1) is 11.6 Å². The van der Waals surface area contributed by atoms with Crippen molar-refractivity contribution >= 4 is 11.6 Å². The largest absolute Gasteiger partial charge is 0.374 e. The van der Waals surface area contributed by atoms with E-state index in [1.165, 1.54) is 12.0 Å². The van der Waals surface area contributed by atoms with Crippen LogP contribution in [0.3, 0.4) is 0 Å². The van der Waals surface area contributed by atoms with Gasteiger partial charge in [0.25, 0.3) is 0 Å². The van der Waals surface area contributed by atoms with Crippen LogP contribution in [0.1, 0.15) is 33.1 Å². The lowest BCUT2D eigenvalue weighted by Gasteiger charge is -2.17. The van der Waals surface area contributed by atoms with Gasteiger partial charge in [0.15, 0.2) is 0 Å². The Hall–Kier alpha value is -0.0100. The molecule has 0 spiro atoms. The second kappa shape index (κ2) is 4.88. The van der Waals surface area contributed by atoms with Crippen LogP contribution in [-0.2, 0) is 4.74 Å². The number of rotatable bonds is 3. The van der Waals surface area contributed by atoms with Crippen LogP contribution in [-0.4, -0.2) is 18.1 Å². The summed E-state index contributed by atoms with van der Waals surface area (Å²) >= 11 is 5.99. The lowest BCUT2D eigenvalue weighted by Crippen LogP contribution is -2.11. The molecule has 70 valence electrons. The summed E-state index contributed by atoms with van der Waals surface area (Å²) < 4.78 is 5.50. The zero-order valence-corrected chi connectivity index (χ0v) is 8.60. The SMILES string of the molecule is CC(C)OCC1=CC(Cl)CCC1. The molecule has 0 aromatic heterocycles. The number of ether oxygens (including phenoxy) is 1. The van der Waals surface area contributed by atoms with Crippen molar-refractivity contribution in [2.24, 2.45) is 0 Å². The topological polar surface area (TPSA) is 9.23 Å². The van der Waals surface area contributed by atoms with Crippen LogP contribution in [0, 0.1) is 0 Å². The Kier molecular flexibility index (Phi) is 4.10. The predicted molar refractivity (Wildman–Crippen MR) is 52.7 cm³/mol. The molecule has 12 heavy (non-hydrogen) atoms. The van der Waals surface area contributed by atoms with Crippen LogP contribution in [0.4, 0.5) is 0 Å². The van der Waals surface area contributed by atoms with Gasteiger partial charge in [0, 0.05) is 0 Å². The van der Waals surface area contributed by atoms with Crippen molar-refractivity contribution < 1.29 is 4.74 Å². The third kappa shape index (κ3) is 3.59. The first-order valence-corrected chi connectivity index (χ1v) is 5.07. The van der Waals surface area contributed by atoms with E-state index >= 15 is 0 Å². The Morgan fingerprint density at radius 3 is 3.00 bits per heavy atom. The minimum absolute atomic E-state index is 0.240. The zero-order valence-electron chi connectivity index (χ0n) is 7.85. The molecule has 0 radical (unpaired) electrons. The molecule has 0 amide bonds.